The van der Waals surface area contributed by atoms with Crippen LogP contribution in [0, 0.1) is 5.82 Å². The first kappa shape index (κ1) is 22.3. The molecule has 1 aliphatic rings. The minimum Gasteiger partial charge on any atom is -0.493 e. The summed E-state index contributed by atoms with van der Waals surface area (Å²) in [7, 11) is -0.374. The molecule has 32 heavy (non-hydrogen) atoms. The van der Waals surface area contributed by atoms with Crippen molar-refractivity contribution < 1.29 is 27.1 Å². The Labute approximate surface area is 187 Å². The SMILES string of the molecule is COc1cc([C@@H]2[C@@H](S(=O)(=O)c3ccccc3)CON2C)ccc1OCc1ccc(F)cc1. The molecule has 8 heteroatoms. The molecule has 1 saturated heterocycles. The normalized spacial score (nSPS) is 19.1. The number of halogens is 1. The largest absolute Gasteiger partial charge is 0.493 e. The standard InChI is InChI=1S/C24H24FNO5S/c1-26-24(23(16-31-26)32(27,28)20-6-4-3-5-7-20)18-10-13-21(22(14-18)29-2)30-15-17-8-11-19(25)12-9-17/h3-14,23-24H,15-16H2,1-2H3/t23-,24+/m0/s1. The van der Waals surface area contributed by atoms with Crippen molar-refractivity contribution in [3.63, 3.8) is 0 Å². The van der Waals surface area contributed by atoms with E-state index < -0.39 is 21.1 Å². The van der Waals surface area contributed by atoms with E-state index in [-0.39, 0.29) is 23.9 Å². The highest BCUT2D eigenvalue weighted by Crippen LogP contribution is 2.39. The summed E-state index contributed by atoms with van der Waals surface area (Å²) in [6.07, 6.45) is 0. The Hall–Kier alpha value is -2.94. The fourth-order valence-corrected chi connectivity index (χ4v) is 5.59. The lowest BCUT2D eigenvalue weighted by molar-refractivity contribution is -0.110. The lowest BCUT2D eigenvalue weighted by atomic mass is 10.0. The Kier molecular flexibility index (Phi) is 6.45. The van der Waals surface area contributed by atoms with Crippen LogP contribution in [0.15, 0.2) is 77.7 Å². The highest BCUT2D eigenvalue weighted by atomic mass is 32.2. The number of hydrogen-bond acceptors (Lipinski definition) is 6. The molecule has 4 rings (SSSR count). The zero-order valence-corrected chi connectivity index (χ0v) is 18.6. The molecule has 1 aliphatic heterocycles. The Balaban J connectivity index is 1.59. The molecule has 2 atom stereocenters. The van der Waals surface area contributed by atoms with Crippen LogP contribution in [-0.4, -0.2) is 39.5 Å². The molecule has 0 spiro atoms. The molecule has 0 amide bonds. The first-order valence-electron chi connectivity index (χ1n) is 10.1. The Morgan fingerprint density at radius 3 is 2.44 bits per heavy atom. The smallest absolute Gasteiger partial charge is 0.185 e. The van der Waals surface area contributed by atoms with Gasteiger partial charge in [-0.15, -0.1) is 0 Å². The summed E-state index contributed by atoms with van der Waals surface area (Å²) in [5, 5.41) is 0.796. The maximum absolute atomic E-state index is 13.3. The minimum absolute atomic E-state index is 0.0591. The molecular formula is C24H24FNO5S. The fourth-order valence-electron chi connectivity index (χ4n) is 3.79. The van der Waals surface area contributed by atoms with Gasteiger partial charge in [0.05, 0.1) is 24.7 Å². The van der Waals surface area contributed by atoms with Crippen molar-refractivity contribution >= 4 is 9.84 Å². The summed E-state index contributed by atoms with van der Waals surface area (Å²) in [5.41, 5.74) is 1.55. The molecule has 0 aliphatic carbocycles. The third-order valence-electron chi connectivity index (χ3n) is 5.49. The Morgan fingerprint density at radius 1 is 1.03 bits per heavy atom. The van der Waals surface area contributed by atoms with Crippen molar-refractivity contribution in [1.82, 2.24) is 5.06 Å². The molecule has 3 aromatic carbocycles. The molecule has 0 N–H and O–H groups in total. The van der Waals surface area contributed by atoms with Crippen LogP contribution < -0.4 is 9.47 Å². The maximum atomic E-state index is 13.3. The van der Waals surface area contributed by atoms with Gasteiger partial charge in [-0.3, -0.25) is 4.84 Å². The van der Waals surface area contributed by atoms with Crippen LogP contribution in [0.3, 0.4) is 0 Å². The number of hydrogen-bond donors (Lipinski definition) is 0. The number of methoxy groups -OCH3 is 1. The summed E-state index contributed by atoms with van der Waals surface area (Å²) in [4.78, 5) is 5.87. The number of hydroxylamine groups is 2. The summed E-state index contributed by atoms with van der Waals surface area (Å²) in [6, 6.07) is 19.3. The van der Waals surface area contributed by atoms with Gasteiger partial charge in [0.1, 0.15) is 17.7 Å². The van der Waals surface area contributed by atoms with E-state index in [1.807, 2.05) is 6.07 Å². The van der Waals surface area contributed by atoms with Gasteiger partial charge in [0.25, 0.3) is 0 Å². The molecule has 1 fully saturated rings. The van der Waals surface area contributed by atoms with Gasteiger partial charge >= 0.3 is 0 Å². The Bertz CT molecular complexity index is 1170. The van der Waals surface area contributed by atoms with Crippen molar-refractivity contribution in [1.29, 1.82) is 0 Å². The maximum Gasteiger partial charge on any atom is 0.185 e. The highest BCUT2D eigenvalue weighted by Gasteiger charge is 2.44. The van der Waals surface area contributed by atoms with Gasteiger partial charge in [0, 0.05) is 7.05 Å². The first-order valence-corrected chi connectivity index (χ1v) is 11.6. The number of rotatable bonds is 7. The van der Waals surface area contributed by atoms with Crippen molar-refractivity contribution in [3.05, 3.63) is 89.7 Å². The highest BCUT2D eigenvalue weighted by molar-refractivity contribution is 7.92. The summed E-state index contributed by atoms with van der Waals surface area (Å²) in [5.74, 6) is 0.670. The molecule has 3 aromatic rings. The lowest BCUT2D eigenvalue weighted by Gasteiger charge is -2.24. The molecule has 0 unspecified atom stereocenters. The monoisotopic (exact) mass is 457 g/mol. The van der Waals surface area contributed by atoms with Crippen LogP contribution in [0.25, 0.3) is 0 Å². The molecule has 0 saturated carbocycles. The first-order chi connectivity index (χ1) is 15.4. The zero-order valence-electron chi connectivity index (χ0n) is 17.8. The molecule has 168 valence electrons. The topological polar surface area (TPSA) is 65.1 Å². The second kappa shape index (κ2) is 9.28. The summed E-state index contributed by atoms with van der Waals surface area (Å²) in [6.45, 7) is 0.303. The predicted molar refractivity (Wildman–Crippen MR) is 118 cm³/mol. The van der Waals surface area contributed by atoms with E-state index in [1.165, 1.54) is 19.2 Å². The van der Waals surface area contributed by atoms with Gasteiger partial charge in [0.2, 0.25) is 0 Å². The number of nitrogens with zero attached hydrogens (tertiary/aromatic N) is 1. The molecule has 0 bridgehead atoms. The molecular weight excluding hydrogens is 433 g/mol. The molecule has 0 radical (unpaired) electrons. The second-order valence-electron chi connectivity index (χ2n) is 7.51. The van der Waals surface area contributed by atoms with Crippen molar-refractivity contribution in [2.24, 2.45) is 0 Å². The molecule has 6 nitrogen and oxygen atoms in total. The third kappa shape index (κ3) is 4.48. The van der Waals surface area contributed by atoms with Crippen LogP contribution in [0.4, 0.5) is 4.39 Å². The third-order valence-corrected chi connectivity index (χ3v) is 7.61. The number of sulfone groups is 1. The molecule has 1 heterocycles. The predicted octanol–water partition coefficient (Wildman–Crippen LogP) is 4.17. The van der Waals surface area contributed by atoms with Gasteiger partial charge in [-0.2, -0.15) is 5.06 Å². The van der Waals surface area contributed by atoms with Gasteiger partial charge in [-0.1, -0.05) is 36.4 Å². The summed E-state index contributed by atoms with van der Waals surface area (Å²) >= 11 is 0. The minimum atomic E-state index is -3.62. The fraction of sp³-hybridized carbons (Fsp3) is 0.250. The van der Waals surface area contributed by atoms with Gasteiger partial charge < -0.3 is 9.47 Å². The number of ether oxygens (including phenoxy) is 2. The van der Waals surface area contributed by atoms with Crippen molar-refractivity contribution in [2.45, 2.75) is 22.8 Å². The van der Waals surface area contributed by atoms with Crippen LogP contribution in [0.2, 0.25) is 0 Å². The lowest BCUT2D eigenvalue weighted by Crippen LogP contribution is -2.31. The van der Waals surface area contributed by atoms with Crippen LogP contribution in [0.1, 0.15) is 17.2 Å². The van der Waals surface area contributed by atoms with E-state index in [0.717, 1.165) is 11.1 Å². The average molecular weight is 458 g/mol. The number of benzene rings is 3. The van der Waals surface area contributed by atoms with E-state index in [9.17, 15) is 12.8 Å². The summed E-state index contributed by atoms with van der Waals surface area (Å²) < 4.78 is 51.0. The van der Waals surface area contributed by atoms with Crippen molar-refractivity contribution in [2.75, 3.05) is 20.8 Å². The van der Waals surface area contributed by atoms with E-state index in [0.29, 0.717) is 11.5 Å². The van der Waals surface area contributed by atoms with E-state index in [1.54, 1.807) is 66.7 Å². The van der Waals surface area contributed by atoms with E-state index in [4.69, 9.17) is 14.3 Å². The Morgan fingerprint density at radius 2 is 1.75 bits per heavy atom. The van der Waals surface area contributed by atoms with Gasteiger partial charge in [0.15, 0.2) is 21.3 Å². The van der Waals surface area contributed by atoms with Crippen LogP contribution >= 0.6 is 0 Å². The second-order valence-corrected chi connectivity index (χ2v) is 9.68. The van der Waals surface area contributed by atoms with Gasteiger partial charge in [-0.05, 0) is 47.5 Å². The van der Waals surface area contributed by atoms with Crippen molar-refractivity contribution in [3.8, 4) is 11.5 Å². The quantitative estimate of drug-likeness (QED) is 0.531. The van der Waals surface area contributed by atoms with E-state index >= 15 is 0 Å². The molecule has 0 aromatic heterocycles. The van der Waals surface area contributed by atoms with Crippen LogP contribution in [0.5, 0.6) is 11.5 Å². The van der Waals surface area contributed by atoms with Gasteiger partial charge in [-0.25, -0.2) is 12.8 Å². The van der Waals surface area contributed by atoms with Crippen LogP contribution in [-0.2, 0) is 21.3 Å². The zero-order chi connectivity index (χ0) is 22.7. The average Bonchev–Trinajstić information content (AvgIpc) is 3.21. The van der Waals surface area contributed by atoms with E-state index in [2.05, 4.69) is 0 Å².